The Morgan fingerprint density at radius 2 is 1.65 bits per heavy atom. The van der Waals surface area contributed by atoms with Crippen LogP contribution in [-0.4, -0.2) is 25.9 Å². The number of amides is 1. The topological polar surface area (TPSA) is 59.8 Å². The van der Waals surface area contributed by atoms with E-state index in [0.717, 1.165) is 67.3 Å². The Balaban J connectivity index is 1.44. The highest BCUT2D eigenvalue weighted by Gasteiger charge is 2.54. The van der Waals surface area contributed by atoms with E-state index in [1.54, 1.807) is 11.8 Å². The Bertz CT molecular complexity index is 987. The van der Waals surface area contributed by atoms with Crippen molar-refractivity contribution in [1.82, 2.24) is 20.1 Å². The largest absolute Gasteiger partial charge is 0.348 e. The fourth-order valence-electron chi connectivity index (χ4n) is 7.22. The molecular weight excluding hydrogens is 440 g/mol. The van der Waals surface area contributed by atoms with E-state index in [-0.39, 0.29) is 11.3 Å². The van der Waals surface area contributed by atoms with Gasteiger partial charge in [-0.15, -0.1) is 10.2 Å². The summed E-state index contributed by atoms with van der Waals surface area (Å²) in [7, 11) is 0. The van der Waals surface area contributed by atoms with Crippen molar-refractivity contribution < 1.29 is 4.79 Å². The van der Waals surface area contributed by atoms with E-state index in [9.17, 15) is 4.79 Å². The maximum absolute atomic E-state index is 13.6. The van der Waals surface area contributed by atoms with Gasteiger partial charge in [0.05, 0.1) is 12.2 Å². The SMILES string of the molecule is CCc1cccc(CC)c1-n1c(CNC(=O)C23CC4CC(CC(C4)C2)C3)nnc1S[C@H](C)CC. The molecule has 0 spiro atoms. The molecule has 34 heavy (non-hydrogen) atoms. The number of nitrogens with one attached hydrogen (secondary N) is 1. The van der Waals surface area contributed by atoms with Gasteiger partial charge in [0.1, 0.15) is 0 Å². The molecule has 1 aromatic carbocycles. The highest BCUT2D eigenvalue weighted by molar-refractivity contribution is 7.99. The highest BCUT2D eigenvalue weighted by Crippen LogP contribution is 2.60. The molecule has 0 aliphatic heterocycles. The normalized spacial score (nSPS) is 28.3. The van der Waals surface area contributed by atoms with Gasteiger partial charge >= 0.3 is 0 Å². The molecule has 0 saturated heterocycles. The fraction of sp³-hybridized carbons (Fsp3) is 0.679. The third-order valence-corrected chi connectivity index (χ3v) is 9.91. The first-order valence-electron chi connectivity index (χ1n) is 13.5. The molecule has 4 fully saturated rings. The molecule has 184 valence electrons. The predicted molar refractivity (Wildman–Crippen MR) is 138 cm³/mol. The predicted octanol–water partition coefficient (Wildman–Crippen LogP) is 6.12. The van der Waals surface area contributed by atoms with E-state index in [1.807, 2.05) is 0 Å². The maximum atomic E-state index is 13.6. The van der Waals surface area contributed by atoms with Crippen LogP contribution < -0.4 is 5.32 Å². The van der Waals surface area contributed by atoms with E-state index in [1.165, 1.54) is 36.1 Å². The Labute approximate surface area is 208 Å². The van der Waals surface area contributed by atoms with Crippen LogP contribution >= 0.6 is 11.8 Å². The number of hydrogen-bond donors (Lipinski definition) is 1. The summed E-state index contributed by atoms with van der Waals surface area (Å²) in [6.07, 6.45) is 10.3. The minimum Gasteiger partial charge on any atom is -0.348 e. The lowest BCUT2D eigenvalue weighted by Crippen LogP contribution is -2.53. The quantitative estimate of drug-likeness (QED) is 0.440. The Kier molecular flexibility index (Phi) is 6.80. The number of para-hydroxylation sites is 1. The van der Waals surface area contributed by atoms with Crippen LogP contribution in [0.2, 0.25) is 0 Å². The van der Waals surface area contributed by atoms with Gasteiger partial charge in [-0.3, -0.25) is 9.36 Å². The van der Waals surface area contributed by atoms with Crippen molar-refractivity contribution in [3.05, 3.63) is 35.2 Å². The number of carbonyl (C=O) groups is 1. The Morgan fingerprint density at radius 3 is 2.18 bits per heavy atom. The molecule has 5 nitrogen and oxygen atoms in total. The zero-order chi connectivity index (χ0) is 23.9. The summed E-state index contributed by atoms with van der Waals surface area (Å²) in [5, 5.41) is 14.0. The molecule has 4 saturated carbocycles. The lowest BCUT2D eigenvalue weighted by Gasteiger charge is -2.55. The molecule has 2 aromatic rings. The number of thioether (sulfide) groups is 1. The summed E-state index contributed by atoms with van der Waals surface area (Å²) in [6, 6.07) is 6.58. The van der Waals surface area contributed by atoms with Gasteiger partial charge in [0.2, 0.25) is 5.91 Å². The maximum Gasteiger partial charge on any atom is 0.226 e. The van der Waals surface area contributed by atoms with Crippen LogP contribution in [-0.2, 0) is 24.2 Å². The average Bonchev–Trinajstić information content (AvgIpc) is 3.22. The number of aryl methyl sites for hydroxylation is 2. The van der Waals surface area contributed by atoms with Crippen molar-refractivity contribution in [2.75, 3.05) is 0 Å². The van der Waals surface area contributed by atoms with Crippen molar-refractivity contribution in [1.29, 1.82) is 0 Å². The van der Waals surface area contributed by atoms with Gasteiger partial charge in [-0.1, -0.05) is 57.7 Å². The molecule has 6 rings (SSSR count). The molecule has 1 heterocycles. The first kappa shape index (κ1) is 23.9. The molecule has 1 N–H and O–H groups in total. The molecular formula is C28H40N4OS. The first-order chi connectivity index (χ1) is 16.5. The number of benzene rings is 1. The number of rotatable bonds is 9. The molecule has 6 heteroatoms. The van der Waals surface area contributed by atoms with E-state index in [2.05, 4.69) is 66.0 Å². The molecule has 0 unspecified atom stereocenters. The van der Waals surface area contributed by atoms with Crippen LogP contribution in [0.25, 0.3) is 5.69 Å². The second kappa shape index (κ2) is 9.67. The van der Waals surface area contributed by atoms with E-state index in [0.29, 0.717) is 11.8 Å². The van der Waals surface area contributed by atoms with E-state index in [4.69, 9.17) is 0 Å². The second-order valence-electron chi connectivity index (χ2n) is 11.1. The lowest BCUT2D eigenvalue weighted by molar-refractivity contribution is -0.146. The standard InChI is InChI=1S/C28H40N4OS/c1-5-18(4)34-27-31-30-24(32(27)25-22(6-2)9-8-10-23(25)7-3)17-29-26(33)28-14-19-11-20(15-28)13-21(12-19)16-28/h8-10,18-21H,5-7,11-17H2,1-4H3,(H,29,33)/t18-,19?,20?,21?,28?/m1/s1. The minimum absolute atomic E-state index is 0.135. The average molecular weight is 481 g/mol. The fourth-order valence-corrected chi connectivity index (χ4v) is 8.13. The van der Waals surface area contributed by atoms with Crippen molar-refractivity contribution in [3.8, 4) is 5.69 Å². The second-order valence-corrected chi connectivity index (χ2v) is 12.5. The van der Waals surface area contributed by atoms with Crippen molar-refractivity contribution >= 4 is 17.7 Å². The zero-order valence-electron chi connectivity index (χ0n) is 21.3. The molecule has 4 aliphatic rings. The van der Waals surface area contributed by atoms with Gasteiger partial charge in [-0.25, -0.2) is 0 Å². The highest BCUT2D eigenvalue weighted by atomic mass is 32.2. The molecule has 1 atom stereocenters. The van der Waals surface area contributed by atoms with Gasteiger partial charge in [0, 0.05) is 10.7 Å². The number of carbonyl (C=O) groups excluding carboxylic acids is 1. The molecule has 0 radical (unpaired) electrons. The number of aromatic nitrogens is 3. The van der Waals surface area contributed by atoms with Crippen LogP contribution in [0, 0.1) is 23.2 Å². The molecule has 4 aliphatic carbocycles. The third-order valence-electron chi connectivity index (χ3n) is 8.70. The summed E-state index contributed by atoms with van der Waals surface area (Å²) >= 11 is 1.78. The van der Waals surface area contributed by atoms with Crippen LogP contribution in [0.4, 0.5) is 0 Å². The van der Waals surface area contributed by atoms with Gasteiger partial charge in [-0.05, 0) is 86.7 Å². The van der Waals surface area contributed by atoms with Crippen molar-refractivity contribution in [2.45, 2.75) is 102 Å². The smallest absolute Gasteiger partial charge is 0.226 e. The van der Waals surface area contributed by atoms with E-state index >= 15 is 0 Å². The van der Waals surface area contributed by atoms with Crippen LogP contribution in [0.3, 0.4) is 0 Å². The van der Waals surface area contributed by atoms with Gasteiger partial charge in [0.15, 0.2) is 11.0 Å². The lowest BCUT2D eigenvalue weighted by atomic mass is 9.49. The van der Waals surface area contributed by atoms with Crippen molar-refractivity contribution in [2.24, 2.45) is 23.2 Å². The summed E-state index contributed by atoms with van der Waals surface area (Å²) in [5.74, 6) is 3.41. The Hall–Kier alpha value is -1.82. The zero-order valence-corrected chi connectivity index (χ0v) is 22.1. The Morgan fingerprint density at radius 1 is 1.06 bits per heavy atom. The van der Waals surface area contributed by atoms with Crippen LogP contribution in [0.15, 0.2) is 23.4 Å². The molecule has 1 amide bonds. The minimum atomic E-state index is -0.135. The summed E-state index contributed by atoms with van der Waals surface area (Å²) in [6.45, 7) is 9.31. The third kappa shape index (κ3) is 4.31. The van der Waals surface area contributed by atoms with E-state index < -0.39 is 0 Å². The number of nitrogens with zero attached hydrogens (tertiary/aromatic N) is 3. The monoisotopic (exact) mass is 480 g/mol. The molecule has 4 bridgehead atoms. The van der Waals surface area contributed by atoms with Crippen molar-refractivity contribution in [3.63, 3.8) is 0 Å². The number of hydrogen-bond acceptors (Lipinski definition) is 4. The first-order valence-corrected chi connectivity index (χ1v) is 14.3. The van der Waals surface area contributed by atoms with Gasteiger partial charge in [-0.2, -0.15) is 0 Å². The van der Waals surface area contributed by atoms with Crippen LogP contribution in [0.1, 0.15) is 89.6 Å². The van der Waals surface area contributed by atoms with Gasteiger partial charge in [0.25, 0.3) is 0 Å². The summed E-state index contributed by atoms with van der Waals surface area (Å²) < 4.78 is 2.24. The summed E-state index contributed by atoms with van der Waals surface area (Å²) in [5.41, 5.74) is 3.68. The van der Waals surface area contributed by atoms with Gasteiger partial charge < -0.3 is 5.32 Å². The molecule has 1 aromatic heterocycles. The summed E-state index contributed by atoms with van der Waals surface area (Å²) in [4.78, 5) is 13.6. The van der Waals surface area contributed by atoms with Crippen LogP contribution in [0.5, 0.6) is 0 Å².